The number of ether oxygens (including phenoxy) is 2. The Morgan fingerprint density at radius 3 is 2.65 bits per heavy atom. The quantitative estimate of drug-likeness (QED) is 0.272. The molecule has 43 heavy (non-hydrogen) atoms. The van der Waals surface area contributed by atoms with Crippen LogP contribution in [0.3, 0.4) is 0 Å². The van der Waals surface area contributed by atoms with Gasteiger partial charge in [0.25, 0.3) is 0 Å². The number of hydrogen-bond acceptors (Lipinski definition) is 8. The summed E-state index contributed by atoms with van der Waals surface area (Å²) in [5, 5.41) is -0.551. The fraction of sp³-hybridized carbons (Fsp3) is 0.552. The van der Waals surface area contributed by atoms with Gasteiger partial charge in [-0.1, -0.05) is 24.4 Å². The summed E-state index contributed by atoms with van der Waals surface area (Å²) in [6.07, 6.45) is -0.526. The topological polar surface area (TPSA) is 89.6 Å². The molecule has 4 aliphatic rings. The van der Waals surface area contributed by atoms with Gasteiger partial charge in [0.15, 0.2) is 5.82 Å². The maximum atomic E-state index is 16.5. The van der Waals surface area contributed by atoms with Gasteiger partial charge in [-0.3, -0.25) is 4.90 Å². The maximum absolute atomic E-state index is 16.5. The van der Waals surface area contributed by atoms with Crippen LogP contribution in [0.4, 0.5) is 33.5 Å². The van der Waals surface area contributed by atoms with Gasteiger partial charge in [0, 0.05) is 31.3 Å². The highest BCUT2D eigenvalue weighted by atomic mass is 35.5. The van der Waals surface area contributed by atoms with Gasteiger partial charge in [-0.25, -0.2) is 13.8 Å². The van der Waals surface area contributed by atoms with Crippen LogP contribution in [0.2, 0.25) is 5.02 Å². The molecule has 3 aliphatic heterocycles. The van der Waals surface area contributed by atoms with Gasteiger partial charge in [0.05, 0.1) is 21.7 Å². The third-order valence-corrected chi connectivity index (χ3v) is 9.93. The molecule has 230 valence electrons. The van der Waals surface area contributed by atoms with Gasteiger partial charge in [0.2, 0.25) is 5.88 Å². The highest BCUT2D eigenvalue weighted by Gasteiger charge is 2.50. The minimum Gasteiger partial charge on any atom is -0.475 e. The summed E-state index contributed by atoms with van der Waals surface area (Å²) in [5.41, 5.74) is 1.91. The number of benzene rings is 1. The van der Waals surface area contributed by atoms with Crippen LogP contribution in [-0.2, 0) is 6.18 Å². The predicted octanol–water partition coefficient (Wildman–Crippen LogP) is 6.18. The van der Waals surface area contributed by atoms with E-state index in [2.05, 4.69) is 19.9 Å². The summed E-state index contributed by atoms with van der Waals surface area (Å²) < 4.78 is 85.8. The van der Waals surface area contributed by atoms with Crippen molar-refractivity contribution in [2.24, 2.45) is 0 Å². The van der Waals surface area contributed by atoms with Crippen molar-refractivity contribution >= 4 is 34.0 Å². The van der Waals surface area contributed by atoms with Crippen molar-refractivity contribution in [2.45, 2.75) is 68.4 Å². The average Bonchev–Trinajstić information content (AvgIpc) is 3.62. The second-order valence-electron chi connectivity index (χ2n) is 12.2. The number of nitrogens with zero attached hydrogens (tertiary/aromatic N) is 5. The molecule has 1 saturated carbocycles. The molecule has 1 aliphatic carbocycles. The van der Waals surface area contributed by atoms with Gasteiger partial charge in [-0.15, -0.1) is 0 Å². The van der Waals surface area contributed by atoms with Crippen LogP contribution in [0.5, 0.6) is 11.9 Å². The van der Waals surface area contributed by atoms with Gasteiger partial charge in [-0.2, -0.15) is 23.1 Å². The van der Waals surface area contributed by atoms with Crippen molar-refractivity contribution < 1.29 is 31.4 Å². The van der Waals surface area contributed by atoms with Gasteiger partial charge in [0.1, 0.15) is 41.8 Å². The number of pyridine rings is 1. The number of fused-ring (bicyclic) bond motifs is 1. The second kappa shape index (κ2) is 9.91. The molecule has 3 aromatic rings. The molecular formula is C29H30ClF5N6O2. The first kappa shape index (κ1) is 28.6. The lowest BCUT2D eigenvalue weighted by atomic mass is 9.95. The smallest absolute Gasteiger partial charge is 0.418 e. The van der Waals surface area contributed by atoms with E-state index in [9.17, 15) is 17.6 Å². The lowest BCUT2D eigenvalue weighted by molar-refractivity contribution is -0.137. The zero-order chi connectivity index (χ0) is 30.3. The molecule has 0 bridgehead atoms. The summed E-state index contributed by atoms with van der Waals surface area (Å²) in [4.78, 5) is 17.3. The van der Waals surface area contributed by atoms with Gasteiger partial charge in [-0.05, 0) is 44.4 Å². The SMILES string of the molecule is CN1c2nc(OC[C@@]34CCCN3C[C@H](F)C4)nc3c(F)c(-c4cc(N)cc(Cl)c4C(F)(F)F)nc(c23)OCC12CCCC2. The van der Waals surface area contributed by atoms with E-state index in [0.717, 1.165) is 57.2 Å². The van der Waals surface area contributed by atoms with Crippen molar-refractivity contribution in [3.63, 3.8) is 0 Å². The zero-order valence-corrected chi connectivity index (χ0v) is 24.2. The fourth-order valence-electron chi connectivity index (χ4n) is 7.48. The summed E-state index contributed by atoms with van der Waals surface area (Å²) in [6.45, 7) is 1.35. The first-order valence-corrected chi connectivity index (χ1v) is 14.8. The minimum absolute atomic E-state index is 0.0909. The maximum Gasteiger partial charge on any atom is 0.418 e. The van der Waals surface area contributed by atoms with E-state index in [4.69, 9.17) is 26.8 Å². The number of hydrogen-bond donors (Lipinski definition) is 1. The third kappa shape index (κ3) is 4.52. The highest BCUT2D eigenvalue weighted by molar-refractivity contribution is 6.32. The molecule has 1 aromatic carbocycles. The molecular weight excluding hydrogens is 595 g/mol. The molecule has 0 radical (unpaired) electrons. The van der Waals surface area contributed by atoms with Crippen molar-refractivity contribution in [3.8, 4) is 23.1 Å². The van der Waals surface area contributed by atoms with Gasteiger partial charge >= 0.3 is 12.2 Å². The Morgan fingerprint density at radius 2 is 1.91 bits per heavy atom. The first-order valence-electron chi connectivity index (χ1n) is 14.4. The molecule has 14 heteroatoms. The molecule has 2 atom stereocenters. The Balaban J connectivity index is 1.41. The molecule has 0 unspecified atom stereocenters. The van der Waals surface area contributed by atoms with Gasteiger partial charge < -0.3 is 20.1 Å². The van der Waals surface area contributed by atoms with E-state index >= 15 is 4.39 Å². The van der Waals surface area contributed by atoms with Crippen LogP contribution in [0.15, 0.2) is 12.1 Å². The summed E-state index contributed by atoms with van der Waals surface area (Å²) in [5.74, 6) is -0.902. The van der Waals surface area contributed by atoms with Crippen LogP contribution in [0.25, 0.3) is 22.2 Å². The zero-order valence-electron chi connectivity index (χ0n) is 23.4. The number of likely N-dealkylation sites (N-methyl/N-ethyl adjacent to an activating group) is 1. The molecule has 1 spiro atoms. The first-order chi connectivity index (χ1) is 20.4. The van der Waals surface area contributed by atoms with Crippen LogP contribution in [-0.4, -0.2) is 70.5 Å². The predicted molar refractivity (Wildman–Crippen MR) is 151 cm³/mol. The minimum atomic E-state index is -4.93. The Morgan fingerprint density at radius 1 is 1.14 bits per heavy atom. The number of rotatable bonds is 4. The van der Waals surface area contributed by atoms with E-state index in [1.54, 1.807) is 0 Å². The monoisotopic (exact) mass is 624 g/mol. The standard InChI is InChI=1S/C29H30ClF5N6O2/c1-40-24-19-23(38-26(39-24)43-14-28-7-4-8-41(28)12-15(31)11-28)21(32)22(37-25(19)42-13-27(40)5-2-3-6-27)17-9-16(36)10-18(30)20(17)29(33,34)35/h9-10,15H,2-8,11-14,36H2,1H3/t15-,28+/m1/s1. The number of aromatic nitrogens is 3. The number of anilines is 2. The van der Waals surface area contributed by atoms with Crippen molar-refractivity contribution in [3.05, 3.63) is 28.5 Å². The van der Waals surface area contributed by atoms with Crippen molar-refractivity contribution in [1.82, 2.24) is 19.9 Å². The lowest BCUT2D eigenvalue weighted by Crippen LogP contribution is -2.48. The molecule has 2 aromatic heterocycles. The molecule has 2 saturated heterocycles. The van der Waals surface area contributed by atoms with E-state index in [-0.39, 0.29) is 41.7 Å². The highest BCUT2D eigenvalue weighted by Crippen LogP contribution is 2.49. The second-order valence-corrected chi connectivity index (χ2v) is 12.6. The summed E-state index contributed by atoms with van der Waals surface area (Å²) in [6, 6.07) is 1.79. The molecule has 0 amide bonds. The molecule has 3 fully saturated rings. The van der Waals surface area contributed by atoms with Crippen molar-refractivity contribution in [2.75, 3.05) is 44.0 Å². The lowest BCUT2D eigenvalue weighted by Gasteiger charge is -2.37. The van der Waals surface area contributed by atoms with Crippen LogP contribution in [0, 0.1) is 5.82 Å². The normalized spacial score (nSPS) is 24.9. The number of halogens is 6. The number of nitrogens with two attached hydrogens (primary N) is 1. The van der Waals surface area contributed by atoms with Crippen LogP contribution in [0.1, 0.15) is 50.5 Å². The third-order valence-electron chi connectivity index (χ3n) is 9.64. The average molecular weight is 625 g/mol. The Bertz CT molecular complexity index is 1620. The number of alkyl halides is 4. The van der Waals surface area contributed by atoms with E-state index in [1.165, 1.54) is 0 Å². The molecule has 5 heterocycles. The summed E-state index contributed by atoms with van der Waals surface area (Å²) in [7, 11) is 1.84. The molecule has 7 rings (SSSR count). The van der Waals surface area contributed by atoms with Crippen LogP contribution < -0.4 is 20.1 Å². The van der Waals surface area contributed by atoms with Crippen molar-refractivity contribution in [1.29, 1.82) is 0 Å². The van der Waals surface area contributed by atoms with E-state index in [1.807, 2.05) is 11.9 Å². The largest absolute Gasteiger partial charge is 0.475 e. The Hall–Kier alpha value is -3.19. The fourth-order valence-corrected chi connectivity index (χ4v) is 7.82. The van der Waals surface area contributed by atoms with E-state index in [0.29, 0.717) is 18.8 Å². The summed E-state index contributed by atoms with van der Waals surface area (Å²) >= 11 is 6.00. The molecule has 2 N–H and O–H groups in total. The van der Waals surface area contributed by atoms with Crippen LogP contribution >= 0.6 is 11.6 Å². The molecule has 8 nitrogen and oxygen atoms in total. The Kier molecular flexibility index (Phi) is 6.59. The van der Waals surface area contributed by atoms with E-state index < -0.39 is 51.1 Å². The number of nitrogen functional groups attached to an aromatic ring is 1. The Labute approximate surface area is 249 Å².